The fraction of sp³-hybridized carbons (Fsp3) is 0.154. The summed E-state index contributed by atoms with van der Waals surface area (Å²) in [4.78, 5) is 3.97. The molecule has 3 nitrogen and oxygen atoms in total. The number of aromatic nitrogens is 1. The van der Waals surface area contributed by atoms with Crippen LogP contribution in [0.5, 0.6) is 11.5 Å². The normalized spacial score (nSPS) is 10.4. The molecule has 0 spiro atoms. The van der Waals surface area contributed by atoms with Gasteiger partial charge in [0.05, 0.1) is 16.2 Å². The third-order valence-electron chi connectivity index (χ3n) is 2.32. The average Bonchev–Trinajstić information content (AvgIpc) is 2.34. The second-order valence-corrected chi connectivity index (χ2v) is 4.54. The van der Waals surface area contributed by atoms with Gasteiger partial charge in [-0.05, 0) is 13.1 Å². The molecule has 0 amide bonds. The third kappa shape index (κ3) is 3.13. The Morgan fingerprint density at radius 1 is 1.28 bits per heavy atom. The molecular weight excluding hydrogens is 271 g/mol. The first-order valence-corrected chi connectivity index (χ1v) is 6.16. The zero-order valence-corrected chi connectivity index (χ0v) is 11.3. The smallest absolute Gasteiger partial charge is 0.150 e. The molecule has 0 fully saturated rings. The number of hydrogen-bond acceptors (Lipinski definition) is 3. The van der Waals surface area contributed by atoms with Crippen molar-refractivity contribution >= 4 is 23.2 Å². The van der Waals surface area contributed by atoms with Gasteiger partial charge in [0.25, 0.3) is 0 Å². The molecule has 0 aliphatic heterocycles. The van der Waals surface area contributed by atoms with Gasteiger partial charge in [-0.15, -0.1) is 0 Å². The summed E-state index contributed by atoms with van der Waals surface area (Å²) in [5.74, 6) is 1.19. The molecule has 94 valence electrons. The highest BCUT2D eigenvalue weighted by molar-refractivity contribution is 6.32. The van der Waals surface area contributed by atoms with Gasteiger partial charge in [-0.1, -0.05) is 35.3 Å². The summed E-state index contributed by atoms with van der Waals surface area (Å²) >= 11 is 12.0. The maximum Gasteiger partial charge on any atom is 0.150 e. The topological polar surface area (TPSA) is 34.1 Å². The summed E-state index contributed by atoms with van der Waals surface area (Å²) < 4.78 is 5.75. The van der Waals surface area contributed by atoms with Crippen LogP contribution in [0.1, 0.15) is 5.56 Å². The van der Waals surface area contributed by atoms with Crippen LogP contribution in [0.2, 0.25) is 10.0 Å². The van der Waals surface area contributed by atoms with E-state index in [1.807, 2.05) is 19.2 Å². The fourth-order valence-electron chi connectivity index (χ4n) is 1.56. The van der Waals surface area contributed by atoms with E-state index in [0.29, 0.717) is 28.1 Å². The molecule has 0 bridgehead atoms. The molecule has 0 saturated carbocycles. The van der Waals surface area contributed by atoms with Crippen LogP contribution in [0.25, 0.3) is 0 Å². The van der Waals surface area contributed by atoms with E-state index in [9.17, 15) is 0 Å². The number of nitrogens with zero attached hydrogens (tertiary/aromatic N) is 1. The van der Waals surface area contributed by atoms with E-state index in [0.717, 1.165) is 5.56 Å². The highest BCUT2D eigenvalue weighted by Crippen LogP contribution is 2.33. The van der Waals surface area contributed by atoms with Gasteiger partial charge in [0, 0.05) is 24.4 Å². The van der Waals surface area contributed by atoms with Crippen molar-refractivity contribution < 1.29 is 4.74 Å². The third-order valence-corrected chi connectivity index (χ3v) is 2.82. The predicted molar refractivity (Wildman–Crippen MR) is 73.5 cm³/mol. The molecule has 1 aromatic heterocycles. The average molecular weight is 283 g/mol. The fourth-order valence-corrected chi connectivity index (χ4v) is 1.96. The lowest BCUT2D eigenvalue weighted by molar-refractivity contribution is 0.472. The van der Waals surface area contributed by atoms with Crippen LogP contribution < -0.4 is 10.1 Å². The Morgan fingerprint density at radius 3 is 2.83 bits per heavy atom. The lowest BCUT2D eigenvalue weighted by atomic mass is 10.2. The molecule has 1 heterocycles. The monoisotopic (exact) mass is 282 g/mol. The highest BCUT2D eigenvalue weighted by atomic mass is 35.5. The zero-order chi connectivity index (χ0) is 13.0. The molecule has 18 heavy (non-hydrogen) atoms. The molecule has 0 radical (unpaired) electrons. The standard InChI is InChI=1S/C13H12Cl2N2O/c1-16-6-9-3-2-4-12(15)13(9)18-11-5-10(14)7-17-8-11/h2-5,7-8,16H,6H2,1H3. The molecule has 0 unspecified atom stereocenters. The number of hydrogen-bond donors (Lipinski definition) is 1. The predicted octanol–water partition coefficient (Wildman–Crippen LogP) is 3.90. The minimum atomic E-state index is 0.523. The molecule has 2 aromatic rings. The second kappa shape index (κ2) is 6.05. The van der Waals surface area contributed by atoms with Crippen molar-refractivity contribution in [2.45, 2.75) is 6.54 Å². The van der Waals surface area contributed by atoms with Gasteiger partial charge in [-0.25, -0.2) is 0 Å². The van der Waals surface area contributed by atoms with E-state index in [1.165, 1.54) is 0 Å². The van der Waals surface area contributed by atoms with Crippen molar-refractivity contribution in [1.82, 2.24) is 10.3 Å². The lowest BCUT2D eigenvalue weighted by Crippen LogP contribution is -2.06. The molecular formula is C13H12Cl2N2O. The SMILES string of the molecule is CNCc1cccc(Cl)c1Oc1cncc(Cl)c1. The Bertz CT molecular complexity index is 546. The quantitative estimate of drug-likeness (QED) is 0.924. The van der Waals surface area contributed by atoms with E-state index in [1.54, 1.807) is 24.5 Å². The Kier molecular flexibility index (Phi) is 4.42. The van der Waals surface area contributed by atoms with Crippen molar-refractivity contribution in [1.29, 1.82) is 0 Å². The van der Waals surface area contributed by atoms with Crippen LogP contribution >= 0.6 is 23.2 Å². The molecule has 0 atom stereocenters. The molecule has 5 heteroatoms. The Hall–Kier alpha value is -1.29. The Labute approximate surface area is 116 Å². The summed E-state index contributed by atoms with van der Waals surface area (Å²) in [7, 11) is 1.87. The van der Waals surface area contributed by atoms with E-state index in [2.05, 4.69) is 10.3 Å². The van der Waals surface area contributed by atoms with Crippen LogP contribution in [-0.4, -0.2) is 12.0 Å². The van der Waals surface area contributed by atoms with Crippen molar-refractivity contribution in [2.24, 2.45) is 0 Å². The first-order chi connectivity index (χ1) is 8.70. The maximum absolute atomic E-state index is 6.15. The van der Waals surface area contributed by atoms with Crippen molar-refractivity contribution in [3.05, 3.63) is 52.3 Å². The molecule has 1 aromatic carbocycles. The largest absolute Gasteiger partial charge is 0.454 e. The van der Waals surface area contributed by atoms with Gasteiger partial charge < -0.3 is 10.1 Å². The van der Waals surface area contributed by atoms with Crippen LogP contribution in [0.3, 0.4) is 0 Å². The zero-order valence-electron chi connectivity index (χ0n) is 9.78. The molecule has 1 N–H and O–H groups in total. The minimum Gasteiger partial charge on any atom is -0.454 e. The van der Waals surface area contributed by atoms with E-state index < -0.39 is 0 Å². The number of pyridine rings is 1. The van der Waals surface area contributed by atoms with Crippen molar-refractivity contribution in [3.63, 3.8) is 0 Å². The number of halogens is 2. The van der Waals surface area contributed by atoms with Crippen molar-refractivity contribution in [3.8, 4) is 11.5 Å². The minimum absolute atomic E-state index is 0.523. The number of rotatable bonds is 4. The van der Waals surface area contributed by atoms with E-state index in [-0.39, 0.29) is 0 Å². The van der Waals surface area contributed by atoms with Crippen LogP contribution in [-0.2, 0) is 6.54 Å². The summed E-state index contributed by atoms with van der Waals surface area (Å²) in [5.41, 5.74) is 0.977. The van der Waals surface area contributed by atoms with Gasteiger partial charge in [0.15, 0.2) is 5.75 Å². The second-order valence-electron chi connectivity index (χ2n) is 3.70. The number of para-hydroxylation sites is 1. The van der Waals surface area contributed by atoms with Gasteiger partial charge in [0.2, 0.25) is 0 Å². The number of ether oxygens (including phenoxy) is 1. The summed E-state index contributed by atoms with van der Waals surface area (Å²) in [5, 5.41) is 4.15. The van der Waals surface area contributed by atoms with Gasteiger partial charge in [-0.3, -0.25) is 4.98 Å². The molecule has 0 aliphatic carbocycles. The highest BCUT2D eigenvalue weighted by Gasteiger charge is 2.09. The number of benzene rings is 1. The summed E-state index contributed by atoms with van der Waals surface area (Å²) in [6.07, 6.45) is 3.15. The Balaban J connectivity index is 2.33. The van der Waals surface area contributed by atoms with Crippen LogP contribution in [0.15, 0.2) is 36.7 Å². The molecule has 0 saturated heterocycles. The Morgan fingerprint density at radius 2 is 2.11 bits per heavy atom. The summed E-state index contributed by atoms with van der Waals surface area (Å²) in [6, 6.07) is 7.32. The van der Waals surface area contributed by atoms with E-state index in [4.69, 9.17) is 27.9 Å². The van der Waals surface area contributed by atoms with Crippen LogP contribution in [0.4, 0.5) is 0 Å². The van der Waals surface area contributed by atoms with Gasteiger partial charge >= 0.3 is 0 Å². The number of nitrogens with one attached hydrogen (secondary N) is 1. The summed E-state index contributed by atoms with van der Waals surface area (Å²) in [6.45, 7) is 0.671. The molecule has 2 rings (SSSR count). The van der Waals surface area contributed by atoms with Gasteiger partial charge in [-0.2, -0.15) is 0 Å². The maximum atomic E-state index is 6.15. The van der Waals surface area contributed by atoms with Crippen LogP contribution in [0, 0.1) is 0 Å². The lowest BCUT2D eigenvalue weighted by Gasteiger charge is -2.12. The molecule has 0 aliphatic rings. The first-order valence-electron chi connectivity index (χ1n) is 5.41. The first kappa shape index (κ1) is 13.1. The van der Waals surface area contributed by atoms with E-state index >= 15 is 0 Å². The van der Waals surface area contributed by atoms with Gasteiger partial charge in [0.1, 0.15) is 5.75 Å². The van der Waals surface area contributed by atoms with Crippen molar-refractivity contribution in [2.75, 3.05) is 7.05 Å².